The van der Waals surface area contributed by atoms with Gasteiger partial charge in [0.2, 0.25) is 0 Å². The Morgan fingerprint density at radius 1 is 0.818 bits per heavy atom. The van der Waals surface area contributed by atoms with Crippen LogP contribution in [-0.4, -0.2) is 4.98 Å². The van der Waals surface area contributed by atoms with E-state index in [0.29, 0.717) is 0 Å². The molecular weight excluding hydrogens is 266 g/mol. The van der Waals surface area contributed by atoms with Crippen LogP contribution < -0.4 is 0 Å². The van der Waals surface area contributed by atoms with Gasteiger partial charge in [-0.05, 0) is 29.7 Å². The Balaban J connectivity index is 1.56. The first kappa shape index (κ1) is 13.0. The van der Waals surface area contributed by atoms with Crippen molar-refractivity contribution in [1.82, 2.24) is 4.98 Å². The molecule has 0 amide bonds. The first-order valence-corrected chi connectivity index (χ1v) is 7.68. The summed E-state index contributed by atoms with van der Waals surface area (Å²) in [6.45, 7) is 0. The fourth-order valence-electron chi connectivity index (χ4n) is 2.97. The topological polar surface area (TPSA) is 12.9 Å². The maximum Gasteiger partial charge on any atom is 0.0705 e. The quantitative estimate of drug-likeness (QED) is 0.644. The van der Waals surface area contributed by atoms with E-state index in [2.05, 4.69) is 72.8 Å². The minimum Gasteiger partial charge on any atom is -0.253 e. The van der Waals surface area contributed by atoms with Crippen LogP contribution in [0.5, 0.6) is 0 Å². The smallest absolute Gasteiger partial charge is 0.0705 e. The molecule has 0 N–H and O–H groups in total. The number of hydrogen-bond donors (Lipinski definition) is 0. The van der Waals surface area contributed by atoms with Crippen molar-refractivity contribution in [3.05, 3.63) is 95.7 Å². The largest absolute Gasteiger partial charge is 0.253 e. The zero-order chi connectivity index (χ0) is 14.8. The number of para-hydroxylation sites is 1. The number of hydrogen-bond acceptors (Lipinski definition) is 1. The van der Waals surface area contributed by atoms with Crippen LogP contribution >= 0.6 is 0 Å². The molecule has 0 spiro atoms. The van der Waals surface area contributed by atoms with Crippen LogP contribution in [0.15, 0.2) is 84.5 Å². The Morgan fingerprint density at radius 3 is 2.55 bits per heavy atom. The van der Waals surface area contributed by atoms with Gasteiger partial charge in [-0.3, -0.25) is 4.98 Å². The van der Waals surface area contributed by atoms with Crippen LogP contribution in [0.3, 0.4) is 0 Å². The molecular formula is C21H17N. The number of benzene rings is 2. The molecule has 0 aliphatic heterocycles. The summed E-state index contributed by atoms with van der Waals surface area (Å²) >= 11 is 0. The fourth-order valence-corrected chi connectivity index (χ4v) is 2.97. The van der Waals surface area contributed by atoms with Crippen molar-refractivity contribution >= 4 is 16.5 Å². The SMILES string of the molecule is C1=C(Cc2ccc3ccccc3n2)CC=C1c1ccccc1. The molecule has 106 valence electrons. The number of aromatic nitrogens is 1. The summed E-state index contributed by atoms with van der Waals surface area (Å²) in [4.78, 5) is 4.77. The third-order valence-electron chi connectivity index (χ3n) is 4.12. The van der Waals surface area contributed by atoms with Gasteiger partial charge in [0, 0.05) is 17.5 Å². The van der Waals surface area contributed by atoms with Gasteiger partial charge in [0.25, 0.3) is 0 Å². The van der Waals surface area contributed by atoms with E-state index in [1.807, 2.05) is 6.07 Å². The van der Waals surface area contributed by atoms with Crippen LogP contribution in [-0.2, 0) is 6.42 Å². The lowest BCUT2D eigenvalue weighted by Gasteiger charge is -2.04. The van der Waals surface area contributed by atoms with Gasteiger partial charge < -0.3 is 0 Å². The van der Waals surface area contributed by atoms with E-state index in [0.717, 1.165) is 24.1 Å². The predicted molar refractivity (Wildman–Crippen MR) is 92.6 cm³/mol. The van der Waals surface area contributed by atoms with Crippen molar-refractivity contribution in [3.63, 3.8) is 0 Å². The van der Waals surface area contributed by atoms with Crippen molar-refractivity contribution in [3.8, 4) is 0 Å². The van der Waals surface area contributed by atoms with Crippen LogP contribution in [0.25, 0.3) is 16.5 Å². The van der Waals surface area contributed by atoms with E-state index in [9.17, 15) is 0 Å². The molecule has 3 aromatic rings. The second-order valence-electron chi connectivity index (χ2n) is 5.70. The molecule has 0 bridgehead atoms. The van der Waals surface area contributed by atoms with Crippen molar-refractivity contribution in [2.24, 2.45) is 0 Å². The van der Waals surface area contributed by atoms with Crippen LogP contribution in [0, 0.1) is 0 Å². The number of pyridine rings is 1. The number of nitrogens with zero attached hydrogens (tertiary/aromatic N) is 1. The van der Waals surface area contributed by atoms with Gasteiger partial charge >= 0.3 is 0 Å². The molecule has 0 saturated heterocycles. The lowest BCUT2D eigenvalue weighted by Crippen LogP contribution is -1.92. The van der Waals surface area contributed by atoms with Crippen LogP contribution in [0.1, 0.15) is 17.7 Å². The van der Waals surface area contributed by atoms with E-state index in [4.69, 9.17) is 4.98 Å². The van der Waals surface area contributed by atoms with Crippen molar-refractivity contribution in [1.29, 1.82) is 0 Å². The van der Waals surface area contributed by atoms with Gasteiger partial charge in [-0.1, -0.05) is 72.3 Å². The average Bonchev–Trinajstić information content (AvgIpc) is 3.04. The number of allylic oxidation sites excluding steroid dienone is 4. The Hall–Kier alpha value is -2.67. The molecule has 2 aromatic carbocycles. The van der Waals surface area contributed by atoms with Gasteiger partial charge in [0.1, 0.15) is 0 Å². The zero-order valence-corrected chi connectivity index (χ0v) is 12.4. The number of fused-ring (bicyclic) bond motifs is 1. The highest BCUT2D eigenvalue weighted by Gasteiger charge is 2.10. The summed E-state index contributed by atoms with van der Waals surface area (Å²) in [5.41, 5.74) is 6.28. The molecule has 1 heterocycles. The summed E-state index contributed by atoms with van der Waals surface area (Å²) < 4.78 is 0. The Morgan fingerprint density at radius 2 is 1.64 bits per heavy atom. The second kappa shape index (κ2) is 5.61. The van der Waals surface area contributed by atoms with Gasteiger partial charge in [-0.25, -0.2) is 0 Å². The maximum absolute atomic E-state index is 4.77. The van der Waals surface area contributed by atoms with Crippen molar-refractivity contribution in [2.75, 3.05) is 0 Å². The summed E-state index contributed by atoms with van der Waals surface area (Å²) in [5.74, 6) is 0. The van der Waals surface area contributed by atoms with E-state index in [1.165, 1.54) is 22.1 Å². The molecule has 1 aromatic heterocycles. The zero-order valence-electron chi connectivity index (χ0n) is 12.4. The van der Waals surface area contributed by atoms with E-state index < -0.39 is 0 Å². The molecule has 1 heteroatoms. The summed E-state index contributed by atoms with van der Waals surface area (Å²) in [6.07, 6.45) is 6.58. The molecule has 22 heavy (non-hydrogen) atoms. The minimum absolute atomic E-state index is 0.928. The third kappa shape index (κ3) is 2.58. The molecule has 4 rings (SSSR count). The van der Waals surface area contributed by atoms with E-state index >= 15 is 0 Å². The first-order chi connectivity index (χ1) is 10.9. The Bertz CT molecular complexity index is 873. The molecule has 0 radical (unpaired) electrons. The highest BCUT2D eigenvalue weighted by molar-refractivity contribution is 5.79. The molecule has 0 unspecified atom stereocenters. The third-order valence-corrected chi connectivity index (χ3v) is 4.12. The Labute approximate surface area is 130 Å². The standard InChI is InChI=1S/C21H17N/c1-2-6-17(7-3-1)19-11-10-16(14-19)15-20-13-12-18-8-4-5-9-21(18)22-20/h1-9,11-14H,10,15H2. The van der Waals surface area contributed by atoms with Gasteiger partial charge in [-0.2, -0.15) is 0 Å². The van der Waals surface area contributed by atoms with E-state index in [1.54, 1.807) is 0 Å². The molecule has 0 fully saturated rings. The maximum atomic E-state index is 4.77. The lowest BCUT2D eigenvalue weighted by molar-refractivity contribution is 1.03. The van der Waals surface area contributed by atoms with Gasteiger partial charge in [0.15, 0.2) is 0 Å². The second-order valence-corrected chi connectivity index (χ2v) is 5.70. The highest BCUT2D eigenvalue weighted by atomic mass is 14.7. The molecule has 0 saturated carbocycles. The van der Waals surface area contributed by atoms with Crippen molar-refractivity contribution in [2.45, 2.75) is 12.8 Å². The monoisotopic (exact) mass is 283 g/mol. The molecule has 1 nitrogen and oxygen atoms in total. The summed E-state index contributed by atoms with van der Waals surface area (Å²) in [6, 6.07) is 23.2. The van der Waals surface area contributed by atoms with Gasteiger partial charge in [-0.15, -0.1) is 0 Å². The summed E-state index contributed by atoms with van der Waals surface area (Å²) in [5, 5.41) is 1.20. The van der Waals surface area contributed by atoms with Crippen LogP contribution in [0.2, 0.25) is 0 Å². The van der Waals surface area contributed by atoms with Crippen molar-refractivity contribution < 1.29 is 0 Å². The fraction of sp³-hybridized carbons (Fsp3) is 0.0952. The van der Waals surface area contributed by atoms with Gasteiger partial charge in [0.05, 0.1) is 5.52 Å². The normalized spacial score (nSPS) is 14.0. The molecule has 1 aliphatic carbocycles. The van der Waals surface area contributed by atoms with Crippen LogP contribution in [0.4, 0.5) is 0 Å². The lowest BCUT2D eigenvalue weighted by atomic mass is 10.1. The molecule has 0 atom stereocenters. The highest BCUT2D eigenvalue weighted by Crippen LogP contribution is 2.28. The minimum atomic E-state index is 0.928. The summed E-state index contributed by atoms with van der Waals surface area (Å²) in [7, 11) is 0. The molecule has 1 aliphatic rings. The predicted octanol–water partition coefficient (Wildman–Crippen LogP) is 5.19. The average molecular weight is 283 g/mol. The number of rotatable bonds is 3. The van der Waals surface area contributed by atoms with E-state index in [-0.39, 0.29) is 0 Å². The first-order valence-electron chi connectivity index (χ1n) is 7.68. The Kier molecular flexibility index (Phi) is 3.32.